The van der Waals surface area contributed by atoms with Crippen molar-refractivity contribution in [1.82, 2.24) is 9.80 Å². The predicted octanol–water partition coefficient (Wildman–Crippen LogP) is 3.07. The van der Waals surface area contributed by atoms with Gasteiger partial charge in [0.15, 0.2) is 5.96 Å². The van der Waals surface area contributed by atoms with E-state index in [1.54, 1.807) is 0 Å². The molecule has 0 amide bonds. The molecule has 1 aromatic carbocycles. The number of hydrogen-bond acceptors (Lipinski definition) is 1. The Morgan fingerprint density at radius 3 is 2.05 bits per heavy atom. The van der Waals surface area contributed by atoms with E-state index < -0.39 is 0 Å². The molecule has 0 unspecified atom stereocenters. The van der Waals surface area contributed by atoms with Crippen LogP contribution in [0.5, 0.6) is 0 Å². The van der Waals surface area contributed by atoms with Crippen molar-refractivity contribution in [2.24, 2.45) is 4.99 Å². The number of rotatable bonds is 2. The molecule has 0 bridgehead atoms. The Morgan fingerprint density at radius 2 is 1.58 bits per heavy atom. The molecular formula is C15H22ClN3. The quantitative estimate of drug-likeness (QED) is 0.612. The number of nitrogens with zero attached hydrogens (tertiary/aromatic N) is 3. The van der Waals surface area contributed by atoms with Gasteiger partial charge in [-0.3, -0.25) is 0 Å². The number of guanidine groups is 1. The molecule has 0 spiro atoms. The maximum atomic E-state index is 5.91. The van der Waals surface area contributed by atoms with Gasteiger partial charge in [0, 0.05) is 33.2 Å². The summed E-state index contributed by atoms with van der Waals surface area (Å²) in [5, 5.41) is 0.806. The van der Waals surface area contributed by atoms with Crippen LogP contribution >= 0.6 is 11.6 Å². The number of benzene rings is 1. The molecule has 0 atom stereocenters. The van der Waals surface area contributed by atoms with Crippen LogP contribution in [0.4, 0.5) is 0 Å². The summed E-state index contributed by atoms with van der Waals surface area (Å²) in [4.78, 5) is 8.95. The van der Waals surface area contributed by atoms with Crippen LogP contribution in [0.2, 0.25) is 5.02 Å². The zero-order valence-electron chi connectivity index (χ0n) is 12.1. The Kier molecular flexibility index (Phi) is 4.35. The molecule has 0 aromatic heterocycles. The second-order valence-corrected chi connectivity index (χ2v) is 6.03. The first kappa shape index (κ1) is 14.2. The topological polar surface area (TPSA) is 18.8 Å². The van der Waals surface area contributed by atoms with E-state index in [9.17, 15) is 0 Å². The van der Waals surface area contributed by atoms with E-state index in [0.717, 1.165) is 23.8 Å². The molecule has 1 aromatic rings. The van der Waals surface area contributed by atoms with Crippen molar-refractivity contribution < 1.29 is 0 Å². The molecule has 1 aliphatic rings. The second kappa shape index (κ2) is 5.83. The van der Waals surface area contributed by atoms with Gasteiger partial charge in [0.1, 0.15) is 0 Å². The Balaban J connectivity index is 1.96. The molecule has 0 saturated heterocycles. The molecule has 4 heteroatoms. The minimum absolute atomic E-state index is 0.445. The first-order valence-corrected chi connectivity index (χ1v) is 7.03. The first-order valence-electron chi connectivity index (χ1n) is 6.65. The molecule has 0 N–H and O–H groups in total. The molecule has 0 heterocycles. The number of hydrogen-bond donors (Lipinski definition) is 0. The van der Waals surface area contributed by atoms with Gasteiger partial charge in [0.25, 0.3) is 0 Å². The van der Waals surface area contributed by atoms with Gasteiger partial charge in [-0.05, 0) is 36.5 Å². The third-order valence-corrected chi connectivity index (χ3v) is 3.80. The van der Waals surface area contributed by atoms with Gasteiger partial charge in [0.2, 0.25) is 0 Å². The summed E-state index contributed by atoms with van der Waals surface area (Å²) in [5.74, 6) is 1.68. The zero-order chi connectivity index (χ0) is 14.0. The van der Waals surface area contributed by atoms with Crippen LogP contribution in [0.3, 0.4) is 0 Å². The van der Waals surface area contributed by atoms with Crippen molar-refractivity contribution in [3.63, 3.8) is 0 Å². The lowest BCUT2D eigenvalue weighted by atomic mass is 9.76. The lowest BCUT2D eigenvalue weighted by molar-refractivity contribution is 0.342. The van der Waals surface area contributed by atoms with Crippen molar-refractivity contribution in [2.75, 3.05) is 28.2 Å². The van der Waals surface area contributed by atoms with Crippen LogP contribution in [0.1, 0.15) is 24.3 Å². The van der Waals surface area contributed by atoms with E-state index in [4.69, 9.17) is 16.6 Å². The van der Waals surface area contributed by atoms with Gasteiger partial charge in [-0.2, -0.15) is 0 Å². The summed E-state index contributed by atoms with van der Waals surface area (Å²) in [6, 6.07) is 8.65. The average molecular weight is 280 g/mol. The van der Waals surface area contributed by atoms with Gasteiger partial charge >= 0.3 is 0 Å². The van der Waals surface area contributed by atoms with E-state index in [2.05, 4.69) is 21.9 Å². The molecule has 1 aliphatic carbocycles. The molecule has 0 aliphatic heterocycles. The van der Waals surface area contributed by atoms with Crippen molar-refractivity contribution in [1.29, 1.82) is 0 Å². The molecule has 1 saturated carbocycles. The minimum atomic E-state index is 0.445. The summed E-state index contributed by atoms with van der Waals surface area (Å²) in [6.07, 6.45) is 2.26. The minimum Gasteiger partial charge on any atom is -0.349 e. The van der Waals surface area contributed by atoms with Gasteiger partial charge in [-0.1, -0.05) is 23.7 Å². The summed E-state index contributed by atoms with van der Waals surface area (Å²) < 4.78 is 0. The van der Waals surface area contributed by atoms with Crippen molar-refractivity contribution in [3.05, 3.63) is 34.9 Å². The monoisotopic (exact) mass is 279 g/mol. The fourth-order valence-electron chi connectivity index (χ4n) is 2.49. The molecule has 1 fully saturated rings. The third kappa shape index (κ3) is 3.41. The fraction of sp³-hybridized carbons (Fsp3) is 0.533. The highest BCUT2D eigenvalue weighted by atomic mass is 35.5. The smallest absolute Gasteiger partial charge is 0.195 e. The summed E-state index contributed by atoms with van der Waals surface area (Å²) in [6.45, 7) is 0. The predicted molar refractivity (Wildman–Crippen MR) is 82.0 cm³/mol. The van der Waals surface area contributed by atoms with E-state index in [0.29, 0.717) is 12.0 Å². The second-order valence-electron chi connectivity index (χ2n) is 5.59. The highest BCUT2D eigenvalue weighted by Crippen LogP contribution is 2.39. The van der Waals surface area contributed by atoms with Gasteiger partial charge in [-0.25, -0.2) is 4.99 Å². The maximum Gasteiger partial charge on any atom is 0.195 e. The lowest BCUT2D eigenvalue weighted by Gasteiger charge is -2.35. The van der Waals surface area contributed by atoms with Crippen LogP contribution in [0.25, 0.3) is 0 Å². The van der Waals surface area contributed by atoms with Crippen LogP contribution in [0.15, 0.2) is 29.3 Å². The molecule has 3 nitrogen and oxygen atoms in total. The molecular weight excluding hydrogens is 258 g/mol. The molecule has 2 rings (SSSR count). The van der Waals surface area contributed by atoms with Gasteiger partial charge in [0.05, 0.1) is 6.04 Å². The van der Waals surface area contributed by atoms with Crippen molar-refractivity contribution in [2.45, 2.75) is 24.8 Å². The molecule has 19 heavy (non-hydrogen) atoms. The summed E-state index contributed by atoms with van der Waals surface area (Å²) >= 11 is 5.91. The normalized spacial score (nSPS) is 21.5. The Morgan fingerprint density at radius 1 is 1.05 bits per heavy atom. The third-order valence-electron chi connectivity index (χ3n) is 3.55. The number of halogens is 1. The van der Waals surface area contributed by atoms with E-state index in [1.165, 1.54) is 5.56 Å². The molecule has 0 radical (unpaired) electrons. The Bertz CT molecular complexity index is 435. The van der Waals surface area contributed by atoms with E-state index in [-0.39, 0.29) is 0 Å². The molecule has 104 valence electrons. The Labute approximate surface area is 120 Å². The number of aliphatic imine (C=N–C) groups is 1. The largest absolute Gasteiger partial charge is 0.349 e. The van der Waals surface area contributed by atoms with Crippen molar-refractivity contribution in [3.8, 4) is 0 Å². The Hall–Kier alpha value is -1.22. The maximum absolute atomic E-state index is 5.91. The van der Waals surface area contributed by atoms with Gasteiger partial charge < -0.3 is 9.80 Å². The summed E-state index contributed by atoms with van der Waals surface area (Å²) in [5.41, 5.74) is 1.38. The first-order chi connectivity index (χ1) is 8.97. The van der Waals surface area contributed by atoms with Crippen LogP contribution in [-0.4, -0.2) is 50.0 Å². The van der Waals surface area contributed by atoms with Crippen molar-refractivity contribution >= 4 is 17.6 Å². The van der Waals surface area contributed by atoms with Crippen LogP contribution < -0.4 is 0 Å². The van der Waals surface area contributed by atoms with E-state index >= 15 is 0 Å². The highest BCUT2D eigenvalue weighted by molar-refractivity contribution is 6.30. The van der Waals surface area contributed by atoms with Crippen LogP contribution in [-0.2, 0) is 0 Å². The van der Waals surface area contributed by atoms with Gasteiger partial charge in [-0.15, -0.1) is 0 Å². The average Bonchev–Trinajstić information content (AvgIpc) is 2.28. The lowest BCUT2D eigenvalue weighted by Crippen LogP contribution is -2.38. The standard InChI is InChI=1S/C15H22ClN3/c1-18(2)15(19(3)4)17-14-9-12(10-14)11-5-7-13(16)8-6-11/h5-8,12,14H,9-10H2,1-4H3. The van der Waals surface area contributed by atoms with E-state index in [1.807, 2.05) is 40.3 Å². The SMILES string of the molecule is CN(C)C(=NC1CC(c2ccc(Cl)cc2)C1)N(C)C. The summed E-state index contributed by atoms with van der Waals surface area (Å²) in [7, 11) is 8.14. The highest BCUT2D eigenvalue weighted by Gasteiger charge is 2.30. The fourth-order valence-corrected chi connectivity index (χ4v) is 2.62. The zero-order valence-corrected chi connectivity index (χ0v) is 12.9. The van der Waals surface area contributed by atoms with Crippen LogP contribution in [0, 0.1) is 0 Å².